The van der Waals surface area contributed by atoms with Gasteiger partial charge in [0.05, 0.1) is 0 Å². The first-order valence-electron chi connectivity index (χ1n) is 10.3. The Morgan fingerprint density at radius 3 is 2.61 bits per heavy atom. The summed E-state index contributed by atoms with van der Waals surface area (Å²) in [6.07, 6.45) is 3.58. The number of rotatable bonds is 5. The van der Waals surface area contributed by atoms with Crippen molar-refractivity contribution in [3.05, 3.63) is 66.9 Å². The summed E-state index contributed by atoms with van der Waals surface area (Å²) in [5, 5.41) is 11.3. The molecule has 1 aliphatic heterocycles. The third kappa shape index (κ3) is 4.17. The van der Waals surface area contributed by atoms with E-state index in [0.717, 1.165) is 53.5 Å². The Hall–Kier alpha value is -3.23. The number of hydrogen-bond acceptors (Lipinski definition) is 6. The van der Waals surface area contributed by atoms with Gasteiger partial charge < -0.3 is 15.5 Å². The SMILES string of the molecule is CS(=O)c1ccc(-c2cccn3nc(Nc4cccc(N5CCNCC5)c4)nc23)cc1. The lowest BCUT2D eigenvalue weighted by Gasteiger charge is -2.29. The van der Waals surface area contributed by atoms with E-state index in [2.05, 4.69) is 38.8 Å². The van der Waals surface area contributed by atoms with Crippen molar-refractivity contribution in [2.24, 2.45) is 0 Å². The highest BCUT2D eigenvalue weighted by Crippen LogP contribution is 2.27. The number of pyridine rings is 1. The molecule has 4 aromatic rings. The second kappa shape index (κ2) is 8.49. The topological polar surface area (TPSA) is 74.6 Å². The second-order valence-corrected chi connectivity index (χ2v) is 8.90. The van der Waals surface area contributed by atoms with Gasteiger partial charge in [-0.25, -0.2) is 4.52 Å². The number of hydrogen-bond donors (Lipinski definition) is 2. The summed E-state index contributed by atoms with van der Waals surface area (Å²) < 4.78 is 13.5. The molecule has 2 aromatic heterocycles. The van der Waals surface area contributed by atoms with Gasteiger partial charge in [0.2, 0.25) is 5.95 Å². The maximum atomic E-state index is 11.7. The first-order valence-corrected chi connectivity index (χ1v) is 11.9. The summed E-state index contributed by atoms with van der Waals surface area (Å²) in [6.45, 7) is 4.01. The zero-order valence-electron chi connectivity index (χ0n) is 17.3. The smallest absolute Gasteiger partial charge is 0.247 e. The molecule has 31 heavy (non-hydrogen) atoms. The van der Waals surface area contributed by atoms with Gasteiger partial charge in [0.25, 0.3) is 0 Å². The second-order valence-electron chi connectivity index (χ2n) is 7.52. The standard InChI is InChI=1S/C23H24N6OS/c1-31(30)20-9-7-17(8-10-20)21-6-3-13-29-22(21)26-23(27-29)25-18-4-2-5-19(16-18)28-14-11-24-12-15-28/h2-10,13,16,24H,11-12,14-15H2,1H3,(H,25,27). The lowest BCUT2D eigenvalue weighted by atomic mass is 10.1. The van der Waals surface area contributed by atoms with Crippen LogP contribution in [-0.4, -0.2) is 51.2 Å². The van der Waals surface area contributed by atoms with E-state index in [-0.39, 0.29) is 0 Å². The van der Waals surface area contributed by atoms with E-state index in [1.54, 1.807) is 10.8 Å². The van der Waals surface area contributed by atoms with Crippen LogP contribution in [0.4, 0.5) is 17.3 Å². The van der Waals surface area contributed by atoms with Crippen molar-refractivity contribution >= 4 is 33.8 Å². The van der Waals surface area contributed by atoms with Gasteiger partial charge >= 0.3 is 0 Å². The molecule has 2 N–H and O–H groups in total. The maximum Gasteiger partial charge on any atom is 0.247 e. The molecule has 1 saturated heterocycles. The highest BCUT2D eigenvalue weighted by Gasteiger charge is 2.13. The van der Waals surface area contributed by atoms with Crippen LogP contribution in [0.25, 0.3) is 16.8 Å². The van der Waals surface area contributed by atoms with E-state index in [1.165, 1.54) is 5.69 Å². The van der Waals surface area contributed by atoms with Gasteiger partial charge in [0, 0.05) is 71.3 Å². The molecule has 1 atom stereocenters. The maximum absolute atomic E-state index is 11.7. The van der Waals surface area contributed by atoms with Gasteiger partial charge in [-0.3, -0.25) is 4.21 Å². The molecule has 1 unspecified atom stereocenters. The van der Waals surface area contributed by atoms with E-state index in [4.69, 9.17) is 4.98 Å². The molecule has 2 aromatic carbocycles. The molecular weight excluding hydrogens is 408 g/mol. The predicted octanol–water partition coefficient (Wildman–Crippen LogP) is 3.29. The van der Waals surface area contributed by atoms with E-state index in [1.807, 2.05) is 48.7 Å². The third-order valence-corrected chi connectivity index (χ3v) is 6.38. The largest absolute Gasteiger partial charge is 0.369 e. The summed E-state index contributed by atoms with van der Waals surface area (Å²) in [4.78, 5) is 7.93. The number of aromatic nitrogens is 3. The quantitative estimate of drug-likeness (QED) is 0.504. The summed E-state index contributed by atoms with van der Waals surface area (Å²) >= 11 is 0. The van der Waals surface area contributed by atoms with E-state index < -0.39 is 10.8 Å². The monoisotopic (exact) mass is 432 g/mol. The first kappa shape index (κ1) is 19.7. The molecule has 0 saturated carbocycles. The summed E-state index contributed by atoms with van der Waals surface area (Å²) in [6, 6.07) is 20.1. The highest BCUT2D eigenvalue weighted by atomic mass is 32.2. The zero-order chi connectivity index (χ0) is 21.2. The van der Waals surface area contributed by atoms with Gasteiger partial charge in [0.1, 0.15) is 0 Å². The van der Waals surface area contributed by atoms with Crippen LogP contribution in [0.2, 0.25) is 0 Å². The first-order chi connectivity index (χ1) is 15.2. The van der Waals surface area contributed by atoms with Gasteiger partial charge in [-0.2, -0.15) is 4.98 Å². The average molecular weight is 433 g/mol. The minimum Gasteiger partial charge on any atom is -0.369 e. The molecule has 0 bridgehead atoms. The van der Waals surface area contributed by atoms with Crippen LogP contribution in [-0.2, 0) is 10.8 Å². The summed E-state index contributed by atoms with van der Waals surface area (Å²) in [5.74, 6) is 0.552. The normalized spacial score (nSPS) is 15.2. The van der Waals surface area contributed by atoms with Crippen LogP contribution in [0.1, 0.15) is 0 Å². The Kier molecular flexibility index (Phi) is 5.40. The molecule has 158 valence electrons. The van der Waals surface area contributed by atoms with E-state index in [9.17, 15) is 4.21 Å². The van der Waals surface area contributed by atoms with Crippen molar-refractivity contribution in [1.29, 1.82) is 0 Å². The number of nitrogens with zero attached hydrogens (tertiary/aromatic N) is 4. The van der Waals surface area contributed by atoms with Crippen molar-refractivity contribution in [2.75, 3.05) is 42.7 Å². The van der Waals surface area contributed by atoms with Gasteiger partial charge in [-0.15, -0.1) is 5.10 Å². The fraction of sp³-hybridized carbons (Fsp3) is 0.217. The lowest BCUT2D eigenvalue weighted by molar-refractivity contribution is 0.589. The molecule has 0 spiro atoms. The van der Waals surface area contributed by atoms with Crippen LogP contribution >= 0.6 is 0 Å². The molecule has 0 aliphatic carbocycles. The van der Waals surface area contributed by atoms with Crippen LogP contribution in [0, 0.1) is 0 Å². The number of nitrogens with one attached hydrogen (secondary N) is 2. The number of piperazine rings is 1. The van der Waals surface area contributed by atoms with Crippen molar-refractivity contribution in [1.82, 2.24) is 19.9 Å². The fourth-order valence-corrected chi connectivity index (χ4v) is 4.36. The number of benzene rings is 2. The molecule has 7 nitrogen and oxygen atoms in total. The third-order valence-electron chi connectivity index (χ3n) is 5.44. The molecular formula is C23H24N6OS. The Balaban J connectivity index is 1.43. The number of anilines is 3. The zero-order valence-corrected chi connectivity index (χ0v) is 18.1. The Bertz CT molecular complexity index is 1230. The van der Waals surface area contributed by atoms with E-state index in [0.29, 0.717) is 5.95 Å². The van der Waals surface area contributed by atoms with Crippen LogP contribution in [0.15, 0.2) is 71.8 Å². The van der Waals surface area contributed by atoms with Crippen LogP contribution < -0.4 is 15.5 Å². The molecule has 0 amide bonds. The minimum absolute atomic E-state index is 0.552. The van der Waals surface area contributed by atoms with Crippen LogP contribution in [0.3, 0.4) is 0 Å². The molecule has 5 rings (SSSR count). The summed E-state index contributed by atoms with van der Waals surface area (Å²) in [7, 11) is -0.994. The van der Waals surface area contributed by atoms with Gasteiger partial charge in [0.15, 0.2) is 5.65 Å². The van der Waals surface area contributed by atoms with Gasteiger partial charge in [-0.1, -0.05) is 18.2 Å². The van der Waals surface area contributed by atoms with Crippen LogP contribution in [0.5, 0.6) is 0 Å². The predicted molar refractivity (Wildman–Crippen MR) is 126 cm³/mol. The van der Waals surface area contributed by atoms with Crippen molar-refractivity contribution in [3.63, 3.8) is 0 Å². The lowest BCUT2D eigenvalue weighted by Crippen LogP contribution is -2.43. The molecule has 1 aliphatic rings. The highest BCUT2D eigenvalue weighted by molar-refractivity contribution is 7.84. The molecule has 8 heteroatoms. The average Bonchev–Trinajstić information content (AvgIpc) is 3.22. The minimum atomic E-state index is -0.994. The van der Waals surface area contributed by atoms with Gasteiger partial charge in [-0.05, 0) is 48.0 Å². The Labute approximate surface area is 183 Å². The fourth-order valence-electron chi connectivity index (χ4n) is 3.84. The molecule has 3 heterocycles. The Morgan fingerprint density at radius 2 is 1.84 bits per heavy atom. The van der Waals surface area contributed by atoms with E-state index >= 15 is 0 Å². The molecule has 0 radical (unpaired) electrons. The summed E-state index contributed by atoms with van der Waals surface area (Å²) in [5.41, 5.74) is 4.92. The van der Waals surface area contributed by atoms with Crippen molar-refractivity contribution in [2.45, 2.75) is 4.90 Å². The Morgan fingerprint density at radius 1 is 1.03 bits per heavy atom. The van der Waals surface area contributed by atoms with Crippen molar-refractivity contribution in [3.8, 4) is 11.1 Å². The number of fused-ring (bicyclic) bond motifs is 1. The van der Waals surface area contributed by atoms with Crippen molar-refractivity contribution < 1.29 is 4.21 Å². The molecule has 1 fully saturated rings.